The van der Waals surface area contributed by atoms with Crippen molar-refractivity contribution in [1.82, 2.24) is 4.90 Å². The van der Waals surface area contributed by atoms with E-state index in [2.05, 4.69) is 17.0 Å². The average Bonchev–Trinajstić information content (AvgIpc) is 3.04. The van der Waals surface area contributed by atoms with Gasteiger partial charge in [-0.15, -0.1) is 0 Å². The summed E-state index contributed by atoms with van der Waals surface area (Å²) in [7, 11) is 0. The minimum absolute atomic E-state index is 0.141. The van der Waals surface area contributed by atoms with Gasteiger partial charge in [-0.1, -0.05) is 30.3 Å². The van der Waals surface area contributed by atoms with Crippen molar-refractivity contribution < 1.29 is 9.90 Å². The zero-order valence-corrected chi connectivity index (χ0v) is 13.3. The Morgan fingerprint density at radius 3 is 2.81 bits per heavy atom. The van der Waals surface area contributed by atoms with Gasteiger partial charge in [0.15, 0.2) is 0 Å². The van der Waals surface area contributed by atoms with E-state index in [1.165, 1.54) is 5.56 Å². The lowest BCUT2D eigenvalue weighted by Crippen LogP contribution is -2.44. The van der Waals surface area contributed by atoms with Crippen LogP contribution in [0.3, 0.4) is 0 Å². The molecule has 2 aliphatic heterocycles. The zero-order chi connectivity index (χ0) is 14.9. The first-order valence-electron chi connectivity index (χ1n) is 7.65. The van der Waals surface area contributed by atoms with Gasteiger partial charge in [-0.05, 0) is 37.5 Å². The summed E-state index contributed by atoms with van der Waals surface area (Å²) in [6, 6.07) is 10.9. The number of nitrogens with zero attached hydrogens (tertiary/aromatic N) is 1. The van der Waals surface area contributed by atoms with Crippen LogP contribution in [0.4, 0.5) is 0 Å². The minimum atomic E-state index is -0.141. The molecule has 1 aromatic carbocycles. The molecule has 1 N–H and O–H groups in total. The third-order valence-corrected chi connectivity index (χ3v) is 5.66. The van der Waals surface area contributed by atoms with Crippen LogP contribution in [-0.2, 0) is 11.2 Å². The van der Waals surface area contributed by atoms with Crippen LogP contribution in [0.2, 0.25) is 0 Å². The Balaban J connectivity index is 1.82. The van der Waals surface area contributed by atoms with Crippen LogP contribution in [0.5, 0.6) is 0 Å². The van der Waals surface area contributed by atoms with E-state index in [-0.39, 0.29) is 24.0 Å². The number of aliphatic hydroxyl groups is 1. The number of aliphatic hydroxyl groups excluding tert-OH is 1. The Labute approximate surface area is 130 Å². The van der Waals surface area contributed by atoms with Crippen molar-refractivity contribution in [2.75, 3.05) is 18.6 Å². The lowest BCUT2D eigenvalue weighted by molar-refractivity contribution is -0.130. The number of benzene rings is 1. The molecular formula is C17H23NO2S. The van der Waals surface area contributed by atoms with Crippen molar-refractivity contribution in [2.24, 2.45) is 5.41 Å². The van der Waals surface area contributed by atoms with Gasteiger partial charge in [-0.25, -0.2) is 0 Å². The second-order valence-electron chi connectivity index (χ2n) is 6.37. The maximum Gasteiger partial charge on any atom is 0.233 e. The van der Waals surface area contributed by atoms with Crippen LogP contribution in [0, 0.1) is 5.41 Å². The summed E-state index contributed by atoms with van der Waals surface area (Å²) in [5.41, 5.74) is 1.12. The van der Waals surface area contributed by atoms with Crippen molar-refractivity contribution in [1.29, 1.82) is 0 Å². The third kappa shape index (κ3) is 2.59. The van der Waals surface area contributed by atoms with Crippen molar-refractivity contribution in [3.05, 3.63) is 35.9 Å². The highest BCUT2D eigenvalue weighted by Gasteiger charge is 2.56. The second kappa shape index (κ2) is 6.01. The molecule has 0 aromatic heterocycles. The molecule has 0 spiro atoms. The van der Waals surface area contributed by atoms with E-state index in [4.69, 9.17) is 0 Å². The molecule has 3 atom stereocenters. The molecule has 1 aromatic rings. The normalized spacial score (nSPS) is 30.9. The van der Waals surface area contributed by atoms with Crippen molar-refractivity contribution in [3.63, 3.8) is 0 Å². The number of thioether (sulfide) groups is 1. The number of rotatable bonds is 5. The van der Waals surface area contributed by atoms with Gasteiger partial charge in [0, 0.05) is 17.5 Å². The molecule has 2 aliphatic rings. The molecule has 4 heteroatoms. The van der Waals surface area contributed by atoms with Crippen LogP contribution >= 0.6 is 11.8 Å². The summed E-state index contributed by atoms with van der Waals surface area (Å²) in [5.74, 6) is 0.804. The number of carbonyl (C=O) groups excluding carboxylic acids is 1. The summed E-state index contributed by atoms with van der Waals surface area (Å²) >= 11 is 1.59. The fraction of sp³-hybridized carbons (Fsp3) is 0.588. The molecule has 0 unspecified atom stereocenters. The Kier molecular flexibility index (Phi) is 4.27. The van der Waals surface area contributed by atoms with Crippen LogP contribution in [0.15, 0.2) is 30.3 Å². The first-order chi connectivity index (χ1) is 10.2. The van der Waals surface area contributed by atoms with E-state index in [9.17, 15) is 9.90 Å². The maximum atomic E-state index is 12.4. The molecule has 2 saturated heterocycles. The quantitative estimate of drug-likeness (QED) is 0.908. The van der Waals surface area contributed by atoms with E-state index in [1.54, 1.807) is 11.8 Å². The van der Waals surface area contributed by atoms with Gasteiger partial charge in [-0.3, -0.25) is 4.79 Å². The molecule has 2 bridgehead atoms. The standard InChI is InChI=1S/C17H23NO2S/c1-21-11-16(20)18-14-7-8-15(18)17(10-14,12-19)9-13-5-3-2-4-6-13/h2-6,14-15,19H,7-12H2,1H3/t14-,15+,17-/m0/s1. The largest absolute Gasteiger partial charge is 0.396 e. The third-order valence-electron chi connectivity index (χ3n) is 5.12. The van der Waals surface area contributed by atoms with Gasteiger partial charge in [0.25, 0.3) is 0 Å². The predicted molar refractivity (Wildman–Crippen MR) is 86.3 cm³/mol. The fourth-order valence-electron chi connectivity index (χ4n) is 4.28. The summed E-state index contributed by atoms with van der Waals surface area (Å²) in [6.45, 7) is 0.173. The molecule has 2 fully saturated rings. The number of amides is 1. The molecule has 1 amide bonds. The second-order valence-corrected chi connectivity index (χ2v) is 7.23. The Morgan fingerprint density at radius 1 is 1.38 bits per heavy atom. The molecule has 3 nitrogen and oxygen atoms in total. The van der Waals surface area contributed by atoms with E-state index >= 15 is 0 Å². The van der Waals surface area contributed by atoms with Crippen molar-refractivity contribution in [3.8, 4) is 0 Å². The molecule has 2 heterocycles. The van der Waals surface area contributed by atoms with Crippen molar-refractivity contribution >= 4 is 17.7 Å². The number of hydrogen-bond donors (Lipinski definition) is 1. The van der Waals surface area contributed by atoms with Crippen LogP contribution in [0.25, 0.3) is 0 Å². The molecule has 0 aliphatic carbocycles. The van der Waals surface area contributed by atoms with Crippen LogP contribution in [-0.4, -0.2) is 46.6 Å². The van der Waals surface area contributed by atoms with Gasteiger partial charge < -0.3 is 10.0 Å². The average molecular weight is 305 g/mol. The molecule has 114 valence electrons. The van der Waals surface area contributed by atoms with Crippen LogP contribution in [0.1, 0.15) is 24.8 Å². The van der Waals surface area contributed by atoms with Gasteiger partial charge in [-0.2, -0.15) is 11.8 Å². The molecule has 3 rings (SSSR count). The van der Waals surface area contributed by atoms with Gasteiger partial charge in [0.2, 0.25) is 5.91 Å². The van der Waals surface area contributed by atoms with Gasteiger partial charge >= 0.3 is 0 Å². The number of fused-ring (bicyclic) bond motifs is 2. The highest BCUT2D eigenvalue weighted by atomic mass is 32.2. The number of carbonyl (C=O) groups is 1. The highest BCUT2D eigenvalue weighted by molar-refractivity contribution is 7.99. The zero-order valence-electron chi connectivity index (χ0n) is 12.5. The van der Waals surface area contributed by atoms with Gasteiger partial charge in [0.1, 0.15) is 0 Å². The van der Waals surface area contributed by atoms with E-state index in [0.29, 0.717) is 11.8 Å². The first-order valence-corrected chi connectivity index (χ1v) is 9.04. The van der Waals surface area contributed by atoms with Crippen molar-refractivity contribution in [2.45, 2.75) is 37.8 Å². The summed E-state index contributed by atoms with van der Waals surface area (Å²) in [5, 5.41) is 10.1. The Hall–Kier alpha value is -1.00. The SMILES string of the molecule is CSCC(=O)N1[C@H]2CC[C@@H]1[C@@](CO)(Cc1ccccc1)C2. The molecule has 0 radical (unpaired) electrons. The Bertz CT molecular complexity index is 507. The van der Waals surface area contributed by atoms with E-state index < -0.39 is 0 Å². The van der Waals surface area contributed by atoms with E-state index in [0.717, 1.165) is 25.7 Å². The molecule has 0 saturated carbocycles. The highest BCUT2D eigenvalue weighted by Crippen LogP contribution is 2.51. The summed E-state index contributed by atoms with van der Waals surface area (Å²) in [6.07, 6.45) is 5.93. The lowest BCUT2D eigenvalue weighted by Gasteiger charge is -2.36. The van der Waals surface area contributed by atoms with Gasteiger partial charge in [0.05, 0.1) is 12.4 Å². The smallest absolute Gasteiger partial charge is 0.233 e. The summed E-state index contributed by atoms with van der Waals surface area (Å²) < 4.78 is 0. The monoisotopic (exact) mass is 305 g/mol. The fourth-order valence-corrected chi connectivity index (χ4v) is 4.68. The number of hydrogen-bond acceptors (Lipinski definition) is 3. The van der Waals surface area contributed by atoms with E-state index in [1.807, 2.05) is 24.5 Å². The molecular weight excluding hydrogens is 282 g/mol. The molecule has 21 heavy (non-hydrogen) atoms. The Morgan fingerprint density at radius 2 is 2.14 bits per heavy atom. The predicted octanol–water partition coefficient (Wildman–Crippen LogP) is 2.33. The lowest BCUT2D eigenvalue weighted by atomic mass is 9.70. The maximum absolute atomic E-state index is 12.4. The minimum Gasteiger partial charge on any atom is -0.396 e. The summed E-state index contributed by atoms with van der Waals surface area (Å²) in [4.78, 5) is 14.5. The topological polar surface area (TPSA) is 40.5 Å². The first kappa shape index (κ1) is 14.9. The van der Waals surface area contributed by atoms with Crippen LogP contribution < -0.4 is 0 Å².